The van der Waals surface area contributed by atoms with Crippen molar-refractivity contribution >= 4 is 16.9 Å². The van der Waals surface area contributed by atoms with Crippen LogP contribution in [0.25, 0.3) is 11.0 Å². The molecule has 1 aromatic heterocycles. The summed E-state index contributed by atoms with van der Waals surface area (Å²) >= 11 is 0. The molecule has 0 spiro atoms. The Morgan fingerprint density at radius 3 is 2.75 bits per heavy atom. The van der Waals surface area contributed by atoms with Crippen LogP contribution in [0, 0.1) is 12.8 Å². The van der Waals surface area contributed by atoms with E-state index in [2.05, 4.69) is 6.92 Å². The molecule has 5 heteroatoms. The number of aryl methyl sites for hydroxylation is 2. The Hall–Kier alpha value is -2.30. The number of carbonyl (C=O) groups excluding carboxylic acids is 1. The number of hydrogen-bond donors (Lipinski definition) is 0. The van der Waals surface area contributed by atoms with Crippen LogP contribution in [0.1, 0.15) is 55.7 Å². The third-order valence-corrected chi connectivity index (χ3v) is 6.20. The van der Waals surface area contributed by atoms with Gasteiger partial charge in [0, 0.05) is 29.6 Å². The molecule has 28 heavy (non-hydrogen) atoms. The molecule has 1 atom stereocenters. The van der Waals surface area contributed by atoms with E-state index in [1.807, 2.05) is 24.0 Å². The summed E-state index contributed by atoms with van der Waals surface area (Å²) in [4.78, 5) is 26.9. The molecule has 0 unspecified atom stereocenters. The van der Waals surface area contributed by atoms with E-state index in [0.29, 0.717) is 17.3 Å². The van der Waals surface area contributed by atoms with Gasteiger partial charge >= 0.3 is 5.63 Å². The predicted molar refractivity (Wildman–Crippen MR) is 109 cm³/mol. The number of ether oxygens (including phenoxy) is 1. The zero-order chi connectivity index (χ0) is 19.7. The summed E-state index contributed by atoms with van der Waals surface area (Å²) < 4.78 is 11.5. The van der Waals surface area contributed by atoms with E-state index in [-0.39, 0.29) is 18.1 Å². The van der Waals surface area contributed by atoms with E-state index < -0.39 is 0 Å². The average Bonchev–Trinajstić information content (AvgIpc) is 2.95. The zero-order valence-corrected chi connectivity index (χ0v) is 16.9. The quantitative estimate of drug-likeness (QED) is 0.594. The van der Waals surface area contributed by atoms with Crippen molar-refractivity contribution in [1.82, 2.24) is 4.90 Å². The number of likely N-dealkylation sites (tertiary alicyclic amines) is 1. The minimum absolute atomic E-state index is 0.0221. The first-order valence-corrected chi connectivity index (χ1v) is 10.5. The molecular weight excluding hydrogens is 354 g/mol. The molecule has 1 aliphatic carbocycles. The number of benzene rings is 1. The van der Waals surface area contributed by atoms with Crippen molar-refractivity contribution in [3.8, 4) is 5.75 Å². The van der Waals surface area contributed by atoms with Crippen LogP contribution in [0.2, 0.25) is 0 Å². The van der Waals surface area contributed by atoms with Crippen molar-refractivity contribution < 1.29 is 13.9 Å². The Kier molecular flexibility index (Phi) is 5.42. The van der Waals surface area contributed by atoms with Crippen molar-refractivity contribution in [2.24, 2.45) is 5.92 Å². The summed E-state index contributed by atoms with van der Waals surface area (Å²) in [6, 6.07) is 3.90. The molecule has 1 amide bonds. The molecule has 2 aromatic rings. The molecule has 1 fully saturated rings. The van der Waals surface area contributed by atoms with Crippen LogP contribution in [-0.2, 0) is 17.6 Å². The average molecular weight is 383 g/mol. The summed E-state index contributed by atoms with van der Waals surface area (Å²) in [7, 11) is 0. The van der Waals surface area contributed by atoms with Gasteiger partial charge in [-0.15, -0.1) is 0 Å². The highest BCUT2D eigenvalue weighted by Gasteiger charge is 2.22. The van der Waals surface area contributed by atoms with E-state index in [9.17, 15) is 9.59 Å². The monoisotopic (exact) mass is 383 g/mol. The first-order chi connectivity index (χ1) is 13.5. The molecule has 1 aliphatic heterocycles. The third kappa shape index (κ3) is 3.67. The lowest BCUT2D eigenvalue weighted by molar-refractivity contribution is -0.135. The van der Waals surface area contributed by atoms with Gasteiger partial charge in [0.15, 0.2) is 6.61 Å². The topological polar surface area (TPSA) is 59.8 Å². The van der Waals surface area contributed by atoms with Crippen LogP contribution in [0.4, 0.5) is 0 Å². The summed E-state index contributed by atoms with van der Waals surface area (Å²) in [5.41, 5.74) is 3.15. The molecule has 2 aliphatic rings. The summed E-state index contributed by atoms with van der Waals surface area (Å²) in [6.45, 7) is 5.72. The van der Waals surface area contributed by atoms with Crippen LogP contribution < -0.4 is 10.4 Å². The van der Waals surface area contributed by atoms with Gasteiger partial charge in [-0.2, -0.15) is 0 Å². The van der Waals surface area contributed by atoms with Gasteiger partial charge < -0.3 is 14.1 Å². The summed E-state index contributed by atoms with van der Waals surface area (Å²) in [5.74, 6) is 1.18. The van der Waals surface area contributed by atoms with Crippen molar-refractivity contribution in [1.29, 1.82) is 0 Å². The van der Waals surface area contributed by atoms with Crippen LogP contribution in [-0.4, -0.2) is 30.5 Å². The van der Waals surface area contributed by atoms with Crippen molar-refractivity contribution in [2.75, 3.05) is 19.7 Å². The van der Waals surface area contributed by atoms with E-state index in [1.54, 1.807) is 0 Å². The minimum atomic E-state index is -0.219. The summed E-state index contributed by atoms with van der Waals surface area (Å²) in [5, 5.41) is 1.01. The first-order valence-electron chi connectivity index (χ1n) is 10.5. The van der Waals surface area contributed by atoms with Crippen LogP contribution in [0.5, 0.6) is 5.75 Å². The largest absolute Gasteiger partial charge is 0.483 e. The van der Waals surface area contributed by atoms with E-state index in [4.69, 9.17) is 9.15 Å². The maximum Gasteiger partial charge on any atom is 0.339 e. The van der Waals surface area contributed by atoms with Gasteiger partial charge in [-0.1, -0.05) is 13.3 Å². The Labute approximate surface area is 165 Å². The molecule has 5 nitrogen and oxygen atoms in total. The second-order valence-electron chi connectivity index (χ2n) is 8.35. The molecule has 1 aromatic carbocycles. The number of fused-ring (bicyclic) bond motifs is 3. The number of piperidine rings is 1. The van der Waals surface area contributed by atoms with Gasteiger partial charge in [0.2, 0.25) is 0 Å². The highest BCUT2D eigenvalue weighted by atomic mass is 16.5. The number of carbonyl (C=O) groups is 1. The lowest BCUT2D eigenvalue weighted by Crippen LogP contribution is -2.41. The fourth-order valence-corrected chi connectivity index (χ4v) is 4.60. The van der Waals surface area contributed by atoms with Crippen LogP contribution >= 0.6 is 0 Å². The number of rotatable bonds is 3. The van der Waals surface area contributed by atoms with Gasteiger partial charge in [0.05, 0.1) is 0 Å². The zero-order valence-electron chi connectivity index (χ0n) is 16.9. The third-order valence-electron chi connectivity index (χ3n) is 6.20. The van der Waals surface area contributed by atoms with Gasteiger partial charge in [0.1, 0.15) is 11.3 Å². The molecule has 0 N–H and O–H groups in total. The first kappa shape index (κ1) is 19.0. The molecule has 4 rings (SSSR count). The lowest BCUT2D eigenvalue weighted by atomic mass is 9.98. The van der Waals surface area contributed by atoms with E-state index >= 15 is 0 Å². The second kappa shape index (κ2) is 7.98. The fourth-order valence-electron chi connectivity index (χ4n) is 4.60. The van der Waals surface area contributed by atoms with E-state index in [1.165, 1.54) is 6.42 Å². The number of amides is 1. The molecule has 0 radical (unpaired) electrons. The van der Waals surface area contributed by atoms with Crippen LogP contribution in [0.15, 0.2) is 21.3 Å². The Morgan fingerprint density at radius 2 is 1.96 bits per heavy atom. The summed E-state index contributed by atoms with van der Waals surface area (Å²) in [6.07, 6.45) is 7.24. The molecule has 0 bridgehead atoms. The predicted octanol–water partition coefficient (Wildman–Crippen LogP) is 4.01. The molecular formula is C23H29NO4. The van der Waals surface area contributed by atoms with Gasteiger partial charge in [-0.05, 0) is 69.1 Å². The maximum atomic E-state index is 12.5. The standard InChI is InChI=1S/C23H29NO4/c1-15-7-6-12-24(13-15)21(25)14-27-20-11-10-18-17-8-4-3-5-9-19(17)23(26)28-22(18)16(20)2/h10-11,15H,3-9,12-14H2,1-2H3/t15-/m1/s1. The molecule has 1 saturated heterocycles. The van der Waals surface area contributed by atoms with Crippen molar-refractivity contribution in [3.05, 3.63) is 39.2 Å². The van der Waals surface area contributed by atoms with Crippen molar-refractivity contribution in [2.45, 2.75) is 58.8 Å². The number of nitrogens with zero attached hydrogens (tertiary/aromatic N) is 1. The van der Waals surface area contributed by atoms with Crippen molar-refractivity contribution in [3.63, 3.8) is 0 Å². The number of hydrogen-bond acceptors (Lipinski definition) is 4. The molecule has 0 saturated carbocycles. The lowest BCUT2D eigenvalue weighted by Gasteiger charge is -2.30. The highest BCUT2D eigenvalue weighted by Crippen LogP contribution is 2.32. The Morgan fingerprint density at radius 1 is 1.18 bits per heavy atom. The second-order valence-corrected chi connectivity index (χ2v) is 8.35. The molecule has 150 valence electrons. The fraction of sp³-hybridized carbons (Fsp3) is 0.565. The van der Waals surface area contributed by atoms with E-state index in [0.717, 1.165) is 73.7 Å². The van der Waals surface area contributed by atoms with Gasteiger partial charge in [-0.25, -0.2) is 4.79 Å². The maximum absolute atomic E-state index is 12.5. The Balaban J connectivity index is 1.58. The van der Waals surface area contributed by atoms with Gasteiger partial charge in [0.25, 0.3) is 5.91 Å². The highest BCUT2D eigenvalue weighted by molar-refractivity contribution is 5.86. The SMILES string of the molecule is Cc1c(OCC(=O)N2CCC[C@@H](C)C2)ccc2c3c(c(=O)oc12)CCCCC3. The normalized spacial score (nSPS) is 19.9. The Bertz CT molecular complexity index is 946. The van der Waals surface area contributed by atoms with Gasteiger partial charge in [-0.3, -0.25) is 4.79 Å². The molecule has 2 heterocycles. The van der Waals surface area contributed by atoms with Crippen LogP contribution in [0.3, 0.4) is 0 Å². The minimum Gasteiger partial charge on any atom is -0.483 e. The smallest absolute Gasteiger partial charge is 0.339 e.